The highest BCUT2D eigenvalue weighted by molar-refractivity contribution is 7.89. The first-order valence-electron chi connectivity index (χ1n) is 12.0. The number of piperazine rings is 1. The summed E-state index contributed by atoms with van der Waals surface area (Å²) in [5.74, 6) is -0.777. The van der Waals surface area contributed by atoms with Crippen molar-refractivity contribution in [2.45, 2.75) is 24.7 Å². The molecular formula is C25H30N4O6S. The van der Waals surface area contributed by atoms with Crippen LogP contribution in [0.3, 0.4) is 0 Å². The number of nitrogens with one attached hydrogen (secondary N) is 1. The predicted molar refractivity (Wildman–Crippen MR) is 133 cm³/mol. The van der Waals surface area contributed by atoms with Gasteiger partial charge in [0.2, 0.25) is 10.0 Å². The molecule has 0 bridgehead atoms. The van der Waals surface area contributed by atoms with Gasteiger partial charge in [-0.15, -0.1) is 0 Å². The maximum absolute atomic E-state index is 13.2. The zero-order chi connectivity index (χ0) is 25.7. The van der Waals surface area contributed by atoms with Crippen molar-refractivity contribution in [1.82, 2.24) is 14.1 Å². The van der Waals surface area contributed by atoms with Crippen LogP contribution in [-0.4, -0.2) is 86.3 Å². The van der Waals surface area contributed by atoms with Crippen molar-refractivity contribution in [3.05, 3.63) is 59.7 Å². The summed E-state index contributed by atoms with van der Waals surface area (Å²) >= 11 is 0. The molecule has 0 atom stereocenters. The molecule has 1 N–H and O–H groups in total. The van der Waals surface area contributed by atoms with Gasteiger partial charge in [-0.05, 0) is 50.1 Å². The Hall–Kier alpha value is -3.44. The van der Waals surface area contributed by atoms with Gasteiger partial charge in [0.1, 0.15) is 0 Å². The first kappa shape index (κ1) is 25.6. The molecule has 2 aliphatic heterocycles. The molecule has 192 valence electrons. The van der Waals surface area contributed by atoms with Gasteiger partial charge in [0.05, 0.1) is 22.8 Å². The summed E-state index contributed by atoms with van der Waals surface area (Å²) in [6, 6.07) is 12.6. The van der Waals surface area contributed by atoms with E-state index in [0.717, 1.165) is 12.8 Å². The van der Waals surface area contributed by atoms with Crippen molar-refractivity contribution in [2.75, 3.05) is 51.2 Å². The molecule has 2 aliphatic rings. The van der Waals surface area contributed by atoms with Gasteiger partial charge in [-0.25, -0.2) is 13.2 Å². The van der Waals surface area contributed by atoms with Gasteiger partial charge >= 0.3 is 6.09 Å². The Labute approximate surface area is 210 Å². The van der Waals surface area contributed by atoms with Crippen LogP contribution < -0.4 is 5.32 Å². The Morgan fingerprint density at radius 1 is 0.889 bits per heavy atom. The molecule has 0 radical (unpaired) electrons. The van der Waals surface area contributed by atoms with Crippen molar-refractivity contribution in [3.8, 4) is 0 Å². The largest absolute Gasteiger partial charge is 0.450 e. The highest BCUT2D eigenvalue weighted by Gasteiger charge is 2.29. The zero-order valence-electron chi connectivity index (χ0n) is 20.2. The molecule has 4 rings (SSSR count). The number of hydrogen-bond acceptors (Lipinski definition) is 6. The van der Waals surface area contributed by atoms with Crippen LogP contribution in [0.5, 0.6) is 0 Å². The van der Waals surface area contributed by atoms with Crippen LogP contribution in [0.2, 0.25) is 0 Å². The SMILES string of the molecule is CCOC(=O)N1CCN(C(=O)c2ccccc2NC(=O)c2cccc(S(=O)(=O)N3CCCC3)c2)CC1. The molecule has 2 fully saturated rings. The predicted octanol–water partition coefficient (Wildman–Crippen LogP) is 2.64. The lowest BCUT2D eigenvalue weighted by Gasteiger charge is -2.34. The summed E-state index contributed by atoms with van der Waals surface area (Å²) < 4.78 is 32.2. The molecule has 11 heteroatoms. The van der Waals surface area contributed by atoms with Gasteiger partial charge in [-0.2, -0.15) is 4.31 Å². The molecule has 0 unspecified atom stereocenters. The molecule has 3 amide bonds. The van der Waals surface area contributed by atoms with E-state index < -0.39 is 22.0 Å². The maximum Gasteiger partial charge on any atom is 0.409 e. The smallest absolute Gasteiger partial charge is 0.409 e. The summed E-state index contributed by atoms with van der Waals surface area (Å²) in [7, 11) is -3.66. The second-order valence-corrected chi connectivity index (χ2v) is 10.6. The van der Waals surface area contributed by atoms with E-state index in [0.29, 0.717) is 50.5 Å². The van der Waals surface area contributed by atoms with Crippen LogP contribution in [0, 0.1) is 0 Å². The van der Waals surface area contributed by atoms with E-state index >= 15 is 0 Å². The molecule has 2 aromatic carbocycles. The number of sulfonamides is 1. The number of benzene rings is 2. The Bertz CT molecular complexity index is 1230. The van der Waals surface area contributed by atoms with Gasteiger partial charge < -0.3 is 19.9 Å². The van der Waals surface area contributed by atoms with Gasteiger partial charge in [-0.3, -0.25) is 9.59 Å². The van der Waals surface area contributed by atoms with Crippen molar-refractivity contribution < 1.29 is 27.5 Å². The van der Waals surface area contributed by atoms with E-state index in [4.69, 9.17) is 4.74 Å². The fraction of sp³-hybridized carbons (Fsp3) is 0.400. The minimum Gasteiger partial charge on any atom is -0.450 e. The fourth-order valence-electron chi connectivity index (χ4n) is 4.33. The Kier molecular flexibility index (Phi) is 7.90. The number of anilines is 1. The van der Waals surface area contributed by atoms with Gasteiger partial charge in [0.15, 0.2) is 0 Å². The molecule has 36 heavy (non-hydrogen) atoms. The Morgan fingerprint density at radius 2 is 1.56 bits per heavy atom. The third kappa shape index (κ3) is 5.52. The van der Waals surface area contributed by atoms with Crippen LogP contribution in [0.1, 0.15) is 40.5 Å². The third-order valence-electron chi connectivity index (χ3n) is 6.30. The van der Waals surface area contributed by atoms with Crippen LogP contribution in [0.25, 0.3) is 0 Å². The zero-order valence-corrected chi connectivity index (χ0v) is 21.0. The van der Waals surface area contributed by atoms with Crippen LogP contribution >= 0.6 is 0 Å². The summed E-state index contributed by atoms with van der Waals surface area (Å²) in [6.45, 7) is 4.38. The van der Waals surface area contributed by atoms with E-state index in [1.54, 1.807) is 41.0 Å². The van der Waals surface area contributed by atoms with Gasteiger partial charge in [0, 0.05) is 44.8 Å². The second-order valence-electron chi connectivity index (χ2n) is 8.62. The number of nitrogens with zero attached hydrogens (tertiary/aromatic N) is 3. The van der Waals surface area contributed by atoms with Crippen LogP contribution in [-0.2, 0) is 14.8 Å². The van der Waals surface area contributed by atoms with Crippen LogP contribution in [0.15, 0.2) is 53.4 Å². The first-order valence-corrected chi connectivity index (χ1v) is 13.5. The molecule has 2 aromatic rings. The summed E-state index contributed by atoms with van der Waals surface area (Å²) in [5, 5.41) is 2.76. The molecule has 0 aliphatic carbocycles. The number of rotatable bonds is 6. The quantitative estimate of drug-likeness (QED) is 0.634. The Morgan fingerprint density at radius 3 is 2.25 bits per heavy atom. The average molecular weight is 515 g/mol. The van der Waals surface area contributed by atoms with E-state index in [9.17, 15) is 22.8 Å². The minimum atomic E-state index is -3.66. The first-order chi connectivity index (χ1) is 17.3. The average Bonchev–Trinajstić information content (AvgIpc) is 3.45. The third-order valence-corrected chi connectivity index (χ3v) is 8.19. The van der Waals surface area contributed by atoms with Crippen molar-refractivity contribution in [1.29, 1.82) is 0 Å². The summed E-state index contributed by atoms with van der Waals surface area (Å²) in [4.78, 5) is 41.5. The molecule has 2 saturated heterocycles. The lowest BCUT2D eigenvalue weighted by molar-refractivity contribution is 0.0571. The summed E-state index contributed by atoms with van der Waals surface area (Å²) in [5.41, 5.74) is 0.824. The fourth-order valence-corrected chi connectivity index (χ4v) is 5.89. The molecule has 0 spiro atoms. The number of carbonyl (C=O) groups is 3. The topological polar surface area (TPSA) is 116 Å². The van der Waals surface area contributed by atoms with E-state index in [1.165, 1.54) is 28.6 Å². The summed E-state index contributed by atoms with van der Waals surface area (Å²) in [6.07, 6.45) is 1.25. The molecule has 10 nitrogen and oxygen atoms in total. The number of ether oxygens (including phenoxy) is 1. The number of hydrogen-bond donors (Lipinski definition) is 1. The highest BCUT2D eigenvalue weighted by Crippen LogP contribution is 2.23. The minimum absolute atomic E-state index is 0.0703. The standard InChI is InChI=1S/C25H30N4O6S/c1-2-35-25(32)28-16-14-27(15-17-28)24(31)21-10-3-4-11-22(21)26-23(30)19-8-7-9-20(18-19)36(33,34)29-12-5-6-13-29/h3-4,7-11,18H,2,5-6,12-17H2,1H3,(H,26,30). The van der Waals surface area contributed by atoms with Gasteiger partial charge in [-0.1, -0.05) is 18.2 Å². The van der Waals surface area contributed by atoms with Crippen LogP contribution in [0.4, 0.5) is 10.5 Å². The maximum atomic E-state index is 13.2. The lowest BCUT2D eigenvalue weighted by atomic mass is 10.1. The lowest BCUT2D eigenvalue weighted by Crippen LogP contribution is -2.50. The second kappa shape index (κ2) is 11.1. The Balaban J connectivity index is 1.47. The van der Waals surface area contributed by atoms with Crippen molar-refractivity contribution >= 4 is 33.6 Å². The van der Waals surface area contributed by atoms with Crippen molar-refractivity contribution in [3.63, 3.8) is 0 Å². The van der Waals surface area contributed by atoms with E-state index in [2.05, 4.69) is 5.32 Å². The molecule has 0 aromatic heterocycles. The van der Waals surface area contributed by atoms with Gasteiger partial charge in [0.25, 0.3) is 11.8 Å². The highest BCUT2D eigenvalue weighted by atomic mass is 32.2. The van der Waals surface area contributed by atoms with E-state index in [1.807, 2.05) is 0 Å². The number of carbonyl (C=O) groups excluding carboxylic acids is 3. The molecule has 2 heterocycles. The molecular weight excluding hydrogens is 484 g/mol. The number of para-hydroxylation sites is 1. The van der Waals surface area contributed by atoms with Crippen molar-refractivity contribution in [2.24, 2.45) is 0 Å². The monoisotopic (exact) mass is 514 g/mol. The van der Waals surface area contributed by atoms with E-state index in [-0.39, 0.29) is 23.0 Å². The molecule has 0 saturated carbocycles. The number of amides is 3. The normalized spacial score (nSPS) is 16.6.